The first kappa shape index (κ1) is 19.3. The molecule has 0 saturated heterocycles. The van der Waals surface area contributed by atoms with Gasteiger partial charge in [0.1, 0.15) is 11.6 Å². The molecule has 0 radical (unpaired) electrons. The molecule has 0 spiro atoms. The molecule has 1 aliphatic carbocycles. The van der Waals surface area contributed by atoms with Crippen molar-refractivity contribution >= 4 is 29.2 Å². The number of nitrogens with one attached hydrogen (secondary N) is 4. The van der Waals surface area contributed by atoms with Crippen LogP contribution >= 0.6 is 0 Å². The number of urea groups is 1. The van der Waals surface area contributed by atoms with Crippen molar-refractivity contribution in [1.82, 2.24) is 10.6 Å². The molecule has 4 N–H and O–H groups in total. The fourth-order valence-electron chi connectivity index (χ4n) is 2.35. The molecule has 0 heterocycles. The first-order valence-electron chi connectivity index (χ1n) is 8.61. The Bertz CT molecular complexity index is 899. The van der Waals surface area contributed by atoms with Gasteiger partial charge in [0, 0.05) is 23.5 Å². The van der Waals surface area contributed by atoms with Crippen LogP contribution in [-0.4, -0.2) is 30.4 Å². The lowest BCUT2D eigenvalue weighted by Gasteiger charge is -2.09. The van der Waals surface area contributed by atoms with Crippen molar-refractivity contribution < 1.29 is 23.2 Å². The van der Waals surface area contributed by atoms with Gasteiger partial charge in [-0.2, -0.15) is 0 Å². The molecule has 0 aromatic heterocycles. The maximum Gasteiger partial charge on any atom is 0.319 e. The van der Waals surface area contributed by atoms with Crippen LogP contribution in [0.1, 0.15) is 23.2 Å². The first-order chi connectivity index (χ1) is 13.4. The number of anilines is 2. The number of carbonyl (C=O) groups is 3. The second kappa shape index (κ2) is 8.47. The van der Waals surface area contributed by atoms with Crippen LogP contribution in [0.2, 0.25) is 0 Å². The molecule has 4 amide bonds. The minimum Gasteiger partial charge on any atom is -0.343 e. The largest absolute Gasteiger partial charge is 0.343 e. The van der Waals surface area contributed by atoms with E-state index in [2.05, 4.69) is 21.3 Å². The van der Waals surface area contributed by atoms with Crippen molar-refractivity contribution in [3.63, 3.8) is 0 Å². The molecule has 2 aromatic carbocycles. The SMILES string of the molecule is O=C(CNC(=O)c1ccc(F)cc1F)Nc1ccc(NC(=O)NC2CC2)cc1. The summed E-state index contributed by atoms with van der Waals surface area (Å²) in [6.45, 7) is -0.389. The van der Waals surface area contributed by atoms with Gasteiger partial charge in [0.15, 0.2) is 0 Å². The molecule has 146 valence electrons. The average molecular weight is 388 g/mol. The Morgan fingerprint density at radius 2 is 1.57 bits per heavy atom. The summed E-state index contributed by atoms with van der Waals surface area (Å²) < 4.78 is 26.4. The average Bonchev–Trinajstić information content (AvgIpc) is 3.45. The standard InChI is InChI=1S/C19H18F2N4O3/c20-11-1-8-15(16(21)9-11)18(27)22-10-17(26)23-12-2-4-13(5-3-12)24-19(28)25-14-6-7-14/h1-5,8-9,14H,6-7,10H2,(H,22,27)(H,23,26)(H2,24,25,28). The molecule has 7 nitrogen and oxygen atoms in total. The second-order valence-corrected chi connectivity index (χ2v) is 6.31. The van der Waals surface area contributed by atoms with E-state index >= 15 is 0 Å². The predicted molar refractivity (Wildman–Crippen MR) is 98.9 cm³/mol. The molecule has 0 atom stereocenters. The highest BCUT2D eigenvalue weighted by atomic mass is 19.1. The second-order valence-electron chi connectivity index (χ2n) is 6.31. The van der Waals surface area contributed by atoms with Crippen LogP contribution in [0.5, 0.6) is 0 Å². The van der Waals surface area contributed by atoms with Gasteiger partial charge in [0.2, 0.25) is 5.91 Å². The van der Waals surface area contributed by atoms with Gasteiger partial charge in [-0.15, -0.1) is 0 Å². The summed E-state index contributed by atoms with van der Waals surface area (Å²) in [4.78, 5) is 35.4. The third kappa shape index (κ3) is 5.50. The first-order valence-corrected chi connectivity index (χ1v) is 8.61. The van der Waals surface area contributed by atoms with Gasteiger partial charge in [-0.3, -0.25) is 9.59 Å². The van der Waals surface area contributed by atoms with E-state index in [0.29, 0.717) is 17.4 Å². The van der Waals surface area contributed by atoms with E-state index in [4.69, 9.17) is 0 Å². The summed E-state index contributed by atoms with van der Waals surface area (Å²) in [5, 5.41) is 10.3. The Morgan fingerprint density at radius 1 is 0.929 bits per heavy atom. The monoisotopic (exact) mass is 388 g/mol. The van der Waals surface area contributed by atoms with Crippen LogP contribution in [0, 0.1) is 11.6 Å². The zero-order valence-electron chi connectivity index (χ0n) is 14.7. The van der Waals surface area contributed by atoms with Gasteiger partial charge in [-0.1, -0.05) is 0 Å². The van der Waals surface area contributed by atoms with E-state index in [9.17, 15) is 23.2 Å². The summed E-state index contributed by atoms with van der Waals surface area (Å²) >= 11 is 0. The zero-order chi connectivity index (χ0) is 20.1. The van der Waals surface area contributed by atoms with Gasteiger partial charge in [0.05, 0.1) is 12.1 Å². The van der Waals surface area contributed by atoms with E-state index in [0.717, 1.165) is 25.0 Å². The van der Waals surface area contributed by atoms with Crippen LogP contribution in [0.3, 0.4) is 0 Å². The van der Waals surface area contributed by atoms with Crippen molar-refractivity contribution in [2.75, 3.05) is 17.2 Å². The molecule has 3 rings (SSSR count). The lowest BCUT2D eigenvalue weighted by Crippen LogP contribution is -2.33. The third-order valence-corrected chi connectivity index (χ3v) is 3.92. The van der Waals surface area contributed by atoms with Gasteiger partial charge in [0.25, 0.3) is 5.91 Å². The fraction of sp³-hybridized carbons (Fsp3) is 0.211. The smallest absolute Gasteiger partial charge is 0.319 e. The summed E-state index contributed by atoms with van der Waals surface area (Å²) in [5.41, 5.74) is 0.672. The highest BCUT2D eigenvalue weighted by molar-refractivity contribution is 5.99. The van der Waals surface area contributed by atoms with E-state index in [1.807, 2.05) is 0 Å². The number of amides is 4. The Hall–Kier alpha value is -3.49. The Balaban J connectivity index is 1.46. The summed E-state index contributed by atoms with van der Waals surface area (Å²) in [6, 6.07) is 8.94. The van der Waals surface area contributed by atoms with E-state index < -0.39 is 23.4 Å². The zero-order valence-corrected chi connectivity index (χ0v) is 14.7. The Labute approximate surface area is 159 Å². The summed E-state index contributed by atoms with van der Waals surface area (Å²) in [5.74, 6) is -3.15. The fourth-order valence-corrected chi connectivity index (χ4v) is 2.35. The number of hydrogen-bond acceptors (Lipinski definition) is 3. The molecule has 0 bridgehead atoms. The molecule has 0 aliphatic heterocycles. The number of hydrogen-bond donors (Lipinski definition) is 4. The maximum atomic E-state index is 13.5. The molecule has 1 fully saturated rings. The maximum absolute atomic E-state index is 13.5. The predicted octanol–water partition coefficient (Wildman–Crippen LogP) is 2.62. The van der Waals surface area contributed by atoms with E-state index in [-0.39, 0.29) is 24.2 Å². The minimum atomic E-state index is -1.01. The molecule has 2 aromatic rings. The highest BCUT2D eigenvalue weighted by Crippen LogP contribution is 2.19. The van der Waals surface area contributed by atoms with Gasteiger partial charge in [-0.25, -0.2) is 13.6 Å². The molecular weight excluding hydrogens is 370 g/mol. The van der Waals surface area contributed by atoms with Crippen molar-refractivity contribution in [3.05, 3.63) is 59.7 Å². The van der Waals surface area contributed by atoms with Crippen LogP contribution in [-0.2, 0) is 4.79 Å². The molecule has 1 saturated carbocycles. The van der Waals surface area contributed by atoms with Crippen molar-refractivity contribution in [1.29, 1.82) is 0 Å². The molecular formula is C19H18F2N4O3. The van der Waals surface area contributed by atoms with Crippen LogP contribution in [0.15, 0.2) is 42.5 Å². The summed E-state index contributed by atoms with van der Waals surface area (Å²) in [6.07, 6.45) is 1.98. The quantitative estimate of drug-likeness (QED) is 0.612. The van der Waals surface area contributed by atoms with Crippen molar-refractivity contribution in [2.24, 2.45) is 0 Å². The molecule has 28 heavy (non-hydrogen) atoms. The lowest BCUT2D eigenvalue weighted by molar-refractivity contribution is -0.115. The van der Waals surface area contributed by atoms with E-state index in [1.54, 1.807) is 24.3 Å². The van der Waals surface area contributed by atoms with Crippen LogP contribution in [0.4, 0.5) is 25.0 Å². The van der Waals surface area contributed by atoms with Gasteiger partial charge in [-0.05, 0) is 49.2 Å². The highest BCUT2D eigenvalue weighted by Gasteiger charge is 2.23. The van der Waals surface area contributed by atoms with Gasteiger partial charge >= 0.3 is 6.03 Å². The van der Waals surface area contributed by atoms with Crippen LogP contribution < -0.4 is 21.3 Å². The molecule has 9 heteroatoms. The Kier molecular flexibility index (Phi) is 5.83. The van der Waals surface area contributed by atoms with Crippen molar-refractivity contribution in [3.8, 4) is 0 Å². The number of halogens is 2. The number of rotatable bonds is 6. The molecule has 1 aliphatic rings. The van der Waals surface area contributed by atoms with Gasteiger partial charge < -0.3 is 21.3 Å². The van der Waals surface area contributed by atoms with Crippen molar-refractivity contribution in [2.45, 2.75) is 18.9 Å². The number of carbonyl (C=O) groups excluding carboxylic acids is 3. The molecule has 0 unspecified atom stereocenters. The topological polar surface area (TPSA) is 99.3 Å². The third-order valence-electron chi connectivity index (χ3n) is 3.92. The minimum absolute atomic E-state index is 0.247. The summed E-state index contributed by atoms with van der Waals surface area (Å²) in [7, 11) is 0. The van der Waals surface area contributed by atoms with E-state index in [1.165, 1.54) is 0 Å². The van der Waals surface area contributed by atoms with Crippen LogP contribution in [0.25, 0.3) is 0 Å². The Morgan fingerprint density at radius 3 is 2.18 bits per heavy atom. The normalized spacial score (nSPS) is 12.8. The lowest BCUT2D eigenvalue weighted by atomic mass is 10.2. The number of benzene rings is 2.